The number of nitrogens with zero attached hydrogens (tertiary/aromatic N) is 2. The van der Waals surface area contributed by atoms with Crippen LogP contribution < -0.4 is 11.2 Å². The molecule has 0 saturated carbocycles. The molecule has 6 rings (SSSR count). The Labute approximate surface area is 243 Å². The molecule has 42 heavy (non-hydrogen) atoms. The van der Waals surface area contributed by atoms with E-state index in [1.807, 2.05) is 110 Å². The highest BCUT2D eigenvalue weighted by Gasteiger charge is 2.57. The largest absolute Gasteiger partial charge is 0.358 e. The number of aromatic nitrogens is 2. The Morgan fingerprint density at radius 1 is 0.952 bits per heavy atom. The Morgan fingerprint density at radius 3 is 1.98 bits per heavy atom. The lowest BCUT2D eigenvalue weighted by atomic mass is 9.80. The number of nitrogens with one attached hydrogen (secondary N) is 1. The van der Waals surface area contributed by atoms with Gasteiger partial charge in [0.05, 0.1) is 12.2 Å². The monoisotopic (exact) mass is 565 g/mol. The fraction of sp³-hybridized carbons (Fsp3) is 0.273. The first-order chi connectivity index (χ1) is 20.4. The zero-order valence-electron chi connectivity index (χ0n) is 23.2. The average molecular weight is 566 g/mol. The highest BCUT2D eigenvalue weighted by Crippen LogP contribution is 2.45. The van der Waals surface area contributed by atoms with E-state index >= 15 is 0 Å². The summed E-state index contributed by atoms with van der Waals surface area (Å²) < 4.78 is 27.3. The van der Waals surface area contributed by atoms with Crippen molar-refractivity contribution in [2.75, 3.05) is 12.1 Å². The maximum Gasteiger partial charge on any atom is 0.351 e. The molecular formula is C33H31N3O6. The quantitative estimate of drug-likeness (QED) is 0.184. The van der Waals surface area contributed by atoms with Crippen LogP contribution in [0.4, 0.5) is 5.82 Å². The van der Waals surface area contributed by atoms with Crippen LogP contribution in [0.15, 0.2) is 102 Å². The van der Waals surface area contributed by atoms with Crippen LogP contribution in [0.5, 0.6) is 0 Å². The number of fused-ring (bicyclic) bond motifs is 1. The van der Waals surface area contributed by atoms with Crippen molar-refractivity contribution < 1.29 is 24.2 Å². The van der Waals surface area contributed by atoms with Gasteiger partial charge in [-0.15, -0.1) is 6.42 Å². The van der Waals surface area contributed by atoms with Gasteiger partial charge in [0.1, 0.15) is 23.9 Å². The average Bonchev–Trinajstić information content (AvgIpc) is 3.51. The highest BCUT2D eigenvalue weighted by molar-refractivity contribution is 5.50. The fourth-order valence-electron chi connectivity index (χ4n) is 5.84. The third-order valence-electron chi connectivity index (χ3n) is 7.62. The Bertz CT molecular complexity index is 1540. The summed E-state index contributed by atoms with van der Waals surface area (Å²) in [5.41, 5.74) is 3.26. The number of ether oxygens (including phenoxy) is 4. The third kappa shape index (κ3) is 4.90. The van der Waals surface area contributed by atoms with Crippen LogP contribution in [0.25, 0.3) is 0 Å². The van der Waals surface area contributed by atoms with Gasteiger partial charge < -0.3 is 18.9 Å². The van der Waals surface area contributed by atoms with E-state index in [9.17, 15) is 10.0 Å². The topological polar surface area (TPSA) is 104 Å². The molecule has 0 amide bonds. The van der Waals surface area contributed by atoms with Crippen LogP contribution >= 0.6 is 0 Å². The first-order valence-corrected chi connectivity index (χ1v) is 13.7. The fourth-order valence-corrected chi connectivity index (χ4v) is 5.84. The van der Waals surface area contributed by atoms with E-state index in [1.54, 1.807) is 0 Å². The zero-order valence-corrected chi connectivity index (χ0v) is 23.2. The summed E-state index contributed by atoms with van der Waals surface area (Å²) in [6, 6.07) is 30.1. The van der Waals surface area contributed by atoms with E-state index in [1.165, 1.54) is 10.8 Å². The Balaban J connectivity index is 1.41. The Kier molecular flexibility index (Phi) is 7.41. The predicted octanol–water partition coefficient (Wildman–Crippen LogP) is 4.45. The first-order valence-electron chi connectivity index (χ1n) is 13.7. The molecule has 9 nitrogen and oxygen atoms in total. The zero-order chi connectivity index (χ0) is 29.3. The van der Waals surface area contributed by atoms with Crippen LogP contribution in [0.1, 0.15) is 42.3 Å². The van der Waals surface area contributed by atoms with Crippen molar-refractivity contribution in [3.63, 3.8) is 0 Å². The van der Waals surface area contributed by atoms with Gasteiger partial charge in [-0.2, -0.15) is 4.98 Å². The second kappa shape index (κ2) is 11.2. The van der Waals surface area contributed by atoms with Crippen molar-refractivity contribution in [1.82, 2.24) is 9.55 Å². The molecule has 0 spiro atoms. The number of terminal acetylenes is 1. The lowest BCUT2D eigenvalue weighted by molar-refractivity contribution is -0.205. The third-order valence-corrected chi connectivity index (χ3v) is 7.62. The Morgan fingerprint density at radius 2 is 1.48 bits per heavy atom. The van der Waals surface area contributed by atoms with E-state index in [4.69, 9.17) is 25.4 Å². The number of rotatable bonds is 8. The number of benzene rings is 3. The van der Waals surface area contributed by atoms with Gasteiger partial charge in [0.25, 0.3) is 0 Å². The second-order valence-corrected chi connectivity index (χ2v) is 10.7. The van der Waals surface area contributed by atoms with Gasteiger partial charge in [0.15, 0.2) is 17.8 Å². The smallest absolute Gasteiger partial charge is 0.351 e. The van der Waals surface area contributed by atoms with Gasteiger partial charge in [0, 0.05) is 6.20 Å². The van der Waals surface area contributed by atoms with E-state index in [2.05, 4.69) is 10.9 Å². The molecular weight excluding hydrogens is 534 g/mol. The number of hydrogen-bond acceptors (Lipinski definition) is 8. The molecule has 2 N–H and O–H groups in total. The summed E-state index contributed by atoms with van der Waals surface area (Å²) in [6.45, 7) is 3.74. The van der Waals surface area contributed by atoms with E-state index in [0.29, 0.717) is 0 Å². The molecule has 0 radical (unpaired) electrons. The lowest BCUT2D eigenvalue weighted by Gasteiger charge is -2.37. The van der Waals surface area contributed by atoms with Gasteiger partial charge in [-0.1, -0.05) is 96.9 Å². The van der Waals surface area contributed by atoms with Crippen molar-refractivity contribution in [3.8, 4) is 12.3 Å². The molecule has 2 aliphatic rings. The minimum atomic E-state index is -0.973. The van der Waals surface area contributed by atoms with Crippen molar-refractivity contribution in [2.45, 2.75) is 49.8 Å². The summed E-state index contributed by atoms with van der Waals surface area (Å²) in [4.78, 5) is 16.9. The number of anilines is 1. The molecule has 214 valence electrons. The van der Waals surface area contributed by atoms with Gasteiger partial charge >= 0.3 is 5.69 Å². The lowest BCUT2D eigenvalue weighted by Crippen LogP contribution is -2.39. The summed E-state index contributed by atoms with van der Waals surface area (Å²) in [5, 5.41) is 9.37. The van der Waals surface area contributed by atoms with Gasteiger partial charge in [-0.25, -0.2) is 4.79 Å². The van der Waals surface area contributed by atoms with Crippen molar-refractivity contribution in [2.24, 2.45) is 0 Å². The first kappa shape index (κ1) is 27.8. The number of hydrogen-bond donors (Lipinski definition) is 2. The molecule has 3 heterocycles. The molecule has 2 aliphatic heterocycles. The highest BCUT2D eigenvalue weighted by atomic mass is 16.8. The van der Waals surface area contributed by atoms with Crippen molar-refractivity contribution >= 4 is 5.82 Å². The van der Waals surface area contributed by atoms with Crippen LogP contribution in [-0.2, 0) is 24.5 Å². The van der Waals surface area contributed by atoms with Gasteiger partial charge in [-0.3, -0.25) is 15.3 Å². The normalized spacial score (nSPS) is 22.8. The predicted molar refractivity (Wildman–Crippen MR) is 155 cm³/mol. The Hall–Kier alpha value is -4.30. The molecule has 0 unspecified atom stereocenters. The van der Waals surface area contributed by atoms with Crippen LogP contribution in [-0.4, -0.2) is 45.5 Å². The summed E-state index contributed by atoms with van der Waals surface area (Å²) in [5.74, 6) is 1.38. The van der Waals surface area contributed by atoms with Gasteiger partial charge in [0.2, 0.25) is 0 Å². The molecule has 0 aliphatic carbocycles. The molecule has 1 aromatic heterocycles. The SMILES string of the molecule is C#Cc1cn([C@@H]2O[C@H](COC(c3ccccc3)(c3ccccc3)c3ccccc3)[C@H]3OC(C)(C)O[C@H]32)c(=O)nc1NO. The molecule has 4 aromatic rings. The van der Waals surface area contributed by atoms with E-state index < -0.39 is 41.6 Å². The van der Waals surface area contributed by atoms with E-state index in [0.717, 1.165) is 16.7 Å². The van der Waals surface area contributed by atoms with Crippen LogP contribution in [0.2, 0.25) is 0 Å². The summed E-state index contributed by atoms with van der Waals surface area (Å²) in [7, 11) is 0. The van der Waals surface area contributed by atoms with Crippen LogP contribution in [0, 0.1) is 12.3 Å². The molecule has 2 fully saturated rings. The van der Waals surface area contributed by atoms with Crippen molar-refractivity contribution in [3.05, 3.63) is 130 Å². The summed E-state index contributed by atoms with van der Waals surface area (Å²) in [6.07, 6.45) is 4.31. The molecule has 3 aromatic carbocycles. The minimum absolute atomic E-state index is 0.107. The summed E-state index contributed by atoms with van der Waals surface area (Å²) >= 11 is 0. The minimum Gasteiger partial charge on any atom is -0.358 e. The standard InChI is InChI=1S/C33H31N3O6/c1-4-22-20-36(31(37)34-29(22)35-38)30-28-27(41-32(2,3)42-28)26(40-30)21-39-33(23-14-8-5-9-15-23,24-16-10-6-11-17-24)25-18-12-7-13-19-25/h1,5-20,26-28,30,38H,21H2,2-3H3,(H,34,35,37)/t26-,27-,28-,30-/m1/s1. The van der Waals surface area contributed by atoms with Crippen molar-refractivity contribution in [1.29, 1.82) is 0 Å². The van der Waals surface area contributed by atoms with E-state index in [-0.39, 0.29) is 18.0 Å². The van der Waals surface area contributed by atoms with Gasteiger partial charge in [-0.05, 0) is 30.5 Å². The molecule has 4 atom stereocenters. The molecule has 9 heteroatoms. The molecule has 2 saturated heterocycles. The maximum atomic E-state index is 13.0. The maximum absolute atomic E-state index is 13.0. The second-order valence-electron chi connectivity index (χ2n) is 10.7. The molecule has 0 bridgehead atoms. The van der Waals surface area contributed by atoms with Crippen LogP contribution in [0.3, 0.4) is 0 Å².